The predicted molar refractivity (Wildman–Crippen MR) is 72.3 cm³/mol. The molecule has 0 fully saturated rings. The van der Waals surface area contributed by atoms with Gasteiger partial charge in [-0.1, -0.05) is 38.9 Å². The number of hydrogen-bond acceptors (Lipinski definition) is 3. The van der Waals surface area contributed by atoms with E-state index in [1.807, 2.05) is 25.1 Å². The van der Waals surface area contributed by atoms with Crippen LogP contribution in [0.5, 0.6) is 0 Å². The maximum Gasteiger partial charge on any atom is 0.149 e. The second-order valence-electron chi connectivity index (χ2n) is 3.19. The van der Waals surface area contributed by atoms with Crippen LogP contribution in [-0.2, 0) is 0 Å². The summed E-state index contributed by atoms with van der Waals surface area (Å²) >= 11 is 16.9. The van der Waals surface area contributed by atoms with Crippen molar-refractivity contribution in [3.63, 3.8) is 0 Å². The lowest BCUT2D eigenvalue weighted by molar-refractivity contribution is 0.962. The standard InChI is InChI=1S/C10H7BrCl2N2S/c1-5(12)9-14-15-10(16-9)7-3-2-6(11)4-8(7)13/h2-5H,1H3. The molecule has 1 aromatic heterocycles. The monoisotopic (exact) mass is 336 g/mol. The fraction of sp³-hybridized carbons (Fsp3) is 0.200. The molecule has 0 saturated heterocycles. The van der Waals surface area contributed by atoms with Crippen LogP contribution in [0.3, 0.4) is 0 Å². The first-order valence-electron chi connectivity index (χ1n) is 4.51. The summed E-state index contributed by atoms with van der Waals surface area (Å²) in [5, 5.41) is 10.2. The minimum atomic E-state index is -0.125. The van der Waals surface area contributed by atoms with E-state index in [1.165, 1.54) is 11.3 Å². The lowest BCUT2D eigenvalue weighted by Crippen LogP contribution is -1.81. The molecule has 0 radical (unpaired) electrons. The van der Waals surface area contributed by atoms with Crippen molar-refractivity contribution < 1.29 is 0 Å². The van der Waals surface area contributed by atoms with E-state index in [9.17, 15) is 0 Å². The highest BCUT2D eigenvalue weighted by atomic mass is 79.9. The van der Waals surface area contributed by atoms with Crippen molar-refractivity contribution in [2.75, 3.05) is 0 Å². The van der Waals surface area contributed by atoms with Crippen molar-refractivity contribution in [1.82, 2.24) is 10.2 Å². The van der Waals surface area contributed by atoms with Crippen molar-refractivity contribution in [2.24, 2.45) is 0 Å². The summed E-state index contributed by atoms with van der Waals surface area (Å²) in [6.07, 6.45) is 0. The Morgan fingerprint density at radius 2 is 2.12 bits per heavy atom. The van der Waals surface area contributed by atoms with Crippen LogP contribution in [0.15, 0.2) is 22.7 Å². The van der Waals surface area contributed by atoms with Gasteiger partial charge in [0.15, 0.2) is 0 Å². The molecule has 1 heterocycles. The highest BCUT2D eigenvalue weighted by Gasteiger charge is 2.13. The molecule has 84 valence electrons. The van der Waals surface area contributed by atoms with E-state index >= 15 is 0 Å². The molecule has 0 saturated carbocycles. The van der Waals surface area contributed by atoms with Gasteiger partial charge in [0.05, 0.1) is 10.4 Å². The molecule has 0 bridgehead atoms. The zero-order valence-electron chi connectivity index (χ0n) is 8.25. The number of alkyl halides is 1. The molecule has 0 N–H and O–H groups in total. The van der Waals surface area contributed by atoms with Gasteiger partial charge in [-0.15, -0.1) is 21.8 Å². The average Bonchev–Trinajstić information content (AvgIpc) is 2.66. The van der Waals surface area contributed by atoms with E-state index in [1.54, 1.807) is 0 Å². The van der Waals surface area contributed by atoms with Gasteiger partial charge >= 0.3 is 0 Å². The lowest BCUT2D eigenvalue weighted by Gasteiger charge is -1.99. The Kier molecular flexibility index (Phi) is 3.85. The number of halogens is 3. The van der Waals surface area contributed by atoms with E-state index in [2.05, 4.69) is 26.1 Å². The molecule has 2 aromatic rings. The molecule has 1 unspecified atom stereocenters. The summed E-state index contributed by atoms with van der Waals surface area (Å²) in [7, 11) is 0. The van der Waals surface area contributed by atoms with Gasteiger partial charge < -0.3 is 0 Å². The fourth-order valence-corrected chi connectivity index (χ4v) is 2.98. The SMILES string of the molecule is CC(Cl)c1nnc(-c2ccc(Br)cc2Cl)s1. The first-order chi connectivity index (χ1) is 7.58. The Morgan fingerprint density at radius 1 is 1.38 bits per heavy atom. The minimum Gasteiger partial charge on any atom is -0.142 e. The Labute approximate surface area is 116 Å². The lowest BCUT2D eigenvalue weighted by atomic mass is 10.2. The summed E-state index contributed by atoms with van der Waals surface area (Å²) in [6.45, 7) is 1.87. The maximum absolute atomic E-state index is 6.13. The van der Waals surface area contributed by atoms with Crippen LogP contribution in [0.4, 0.5) is 0 Å². The number of nitrogens with zero attached hydrogens (tertiary/aromatic N) is 2. The molecule has 0 aliphatic heterocycles. The van der Waals surface area contributed by atoms with Crippen molar-refractivity contribution in [3.8, 4) is 10.6 Å². The van der Waals surface area contributed by atoms with Crippen molar-refractivity contribution in [3.05, 3.63) is 32.7 Å². The maximum atomic E-state index is 6.13. The molecule has 6 heteroatoms. The van der Waals surface area contributed by atoms with E-state index in [-0.39, 0.29) is 5.38 Å². The molecular formula is C10H7BrCl2N2S. The van der Waals surface area contributed by atoms with Crippen LogP contribution >= 0.6 is 50.5 Å². The Hall–Kier alpha value is -0.160. The third-order valence-corrected chi connectivity index (χ3v) is 4.22. The average molecular weight is 338 g/mol. The second-order valence-corrected chi connectivity index (χ2v) is 6.17. The molecule has 1 atom stereocenters. The van der Waals surface area contributed by atoms with Gasteiger partial charge in [-0.25, -0.2) is 0 Å². The van der Waals surface area contributed by atoms with Crippen molar-refractivity contribution in [1.29, 1.82) is 0 Å². The van der Waals surface area contributed by atoms with Gasteiger partial charge in [-0.05, 0) is 25.1 Å². The van der Waals surface area contributed by atoms with Gasteiger partial charge in [0, 0.05) is 10.0 Å². The Balaban J connectivity index is 2.42. The fourth-order valence-electron chi connectivity index (χ4n) is 1.17. The number of rotatable bonds is 2. The summed E-state index contributed by atoms with van der Waals surface area (Å²) in [5.41, 5.74) is 0.880. The molecule has 0 spiro atoms. The third kappa shape index (κ3) is 2.56. The first-order valence-corrected chi connectivity index (χ1v) is 6.93. The third-order valence-electron chi connectivity index (χ3n) is 1.94. The summed E-state index contributed by atoms with van der Waals surface area (Å²) in [5.74, 6) is 0. The summed E-state index contributed by atoms with van der Waals surface area (Å²) in [6, 6.07) is 5.67. The smallest absolute Gasteiger partial charge is 0.142 e. The minimum absolute atomic E-state index is 0.125. The van der Waals surface area contributed by atoms with Crippen LogP contribution in [0.2, 0.25) is 5.02 Å². The van der Waals surface area contributed by atoms with Crippen molar-refractivity contribution >= 4 is 50.5 Å². The molecule has 0 amide bonds. The van der Waals surface area contributed by atoms with Crippen LogP contribution in [0.25, 0.3) is 10.6 Å². The summed E-state index contributed by atoms with van der Waals surface area (Å²) in [4.78, 5) is 0. The van der Waals surface area contributed by atoms with Gasteiger partial charge in [-0.3, -0.25) is 0 Å². The van der Waals surface area contributed by atoms with Crippen LogP contribution in [0, 0.1) is 0 Å². The van der Waals surface area contributed by atoms with Gasteiger partial charge in [-0.2, -0.15) is 0 Å². The zero-order valence-corrected chi connectivity index (χ0v) is 12.2. The highest BCUT2D eigenvalue weighted by Crippen LogP contribution is 2.34. The molecule has 0 aliphatic carbocycles. The topological polar surface area (TPSA) is 25.8 Å². The molecular weight excluding hydrogens is 331 g/mol. The molecule has 1 aromatic carbocycles. The molecule has 2 rings (SSSR count). The Bertz CT molecular complexity index is 513. The van der Waals surface area contributed by atoms with E-state index in [0.29, 0.717) is 5.02 Å². The van der Waals surface area contributed by atoms with Crippen LogP contribution < -0.4 is 0 Å². The van der Waals surface area contributed by atoms with Gasteiger partial charge in [0.25, 0.3) is 0 Å². The van der Waals surface area contributed by atoms with E-state index in [0.717, 1.165) is 20.1 Å². The largest absolute Gasteiger partial charge is 0.149 e. The first kappa shape index (κ1) is 12.3. The van der Waals surface area contributed by atoms with Crippen LogP contribution in [0.1, 0.15) is 17.3 Å². The number of hydrogen-bond donors (Lipinski definition) is 0. The molecule has 0 aliphatic rings. The highest BCUT2D eigenvalue weighted by molar-refractivity contribution is 9.10. The van der Waals surface area contributed by atoms with Gasteiger partial charge in [0.2, 0.25) is 0 Å². The van der Waals surface area contributed by atoms with Gasteiger partial charge in [0.1, 0.15) is 10.0 Å². The second kappa shape index (κ2) is 5.00. The molecule has 16 heavy (non-hydrogen) atoms. The molecule has 2 nitrogen and oxygen atoms in total. The predicted octanol–water partition coefficient (Wildman–Crippen LogP) is 4.92. The quantitative estimate of drug-likeness (QED) is 0.727. The van der Waals surface area contributed by atoms with E-state index < -0.39 is 0 Å². The number of benzene rings is 1. The normalized spacial score (nSPS) is 12.8. The zero-order chi connectivity index (χ0) is 11.7. The Morgan fingerprint density at radius 3 is 2.69 bits per heavy atom. The van der Waals surface area contributed by atoms with Crippen molar-refractivity contribution in [2.45, 2.75) is 12.3 Å². The van der Waals surface area contributed by atoms with Crippen LogP contribution in [-0.4, -0.2) is 10.2 Å². The van der Waals surface area contributed by atoms with E-state index in [4.69, 9.17) is 23.2 Å². The number of aromatic nitrogens is 2. The summed E-state index contributed by atoms with van der Waals surface area (Å²) < 4.78 is 0.941.